The number of nitrogens with one attached hydrogen (secondary N) is 1. The van der Waals surface area contributed by atoms with Crippen LogP contribution >= 0.6 is 15.9 Å². The van der Waals surface area contributed by atoms with E-state index >= 15 is 0 Å². The highest BCUT2D eigenvalue weighted by molar-refractivity contribution is 9.10. The molecule has 28 heavy (non-hydrogen) atoms. The second-order valence-corrected chi connectivity index (χ2v) is 9.88. The summed E-state index contributed by atoms with van der Waals surface area (Å²) in [7, 11) is -3.60. The number of sulfone groups is 1. The first-order valence-corrected chi connectivity index (χ1v) is 11.3. The number of nitrogens with zero attached hydrogens (tertiary/aromatic N) is 1. The van der Waals surface area contributed by atoms with Crippen LogP contribution in [0.25, 0.3) is 0 Å². The zero-order valence-corrected chi connectivity index (χ0v) is 18.0. The van der Waals surface area contributed by atoms with Crippen molar-refractivity contribution in [2.24, 2.45) is 0 Å². The highest BCUT2D eigenvalue weighted by Gasteiger charge is 2.30. The molecule has 1 aliphatic rings. The van der Waals surface area contributed by atoms with Crippen molar-refractivity contribution < 1.29 is 18.0 Å². The Bertz CT molecular complexity index is 1020. The van der Waals surface area contributed by atoms with Crippen molar-refractivity contribution >= 4 is 49.0 Å². The minimum absolute atomic E-state index is 0.00198. The third kappa shape index (κ3) is 4.44. The fourth-order valence-corrected chi connectivity index (χ4v) is 4.93. The number of carbonyl (C=O) groups excluding carboxylic acids is 2. The van der Waals surface area contributed by atoms with Crippen LogP contribution in [0.4, 0.5) is 11.4 Å². The quantitative estimate of drug-likeness (QED) is 0.732. The largest absolute Gasteiger partial charge is 0.326 e. The molecule has 1 N–H and O–H groups in total. The van der Waals surface area contributed by atoms with Crippen LogP contribution in [-0.4, -0.2) is 32.0 Å². The third-order valence-corrected chi connectivity index (χ3v) is 6.93. The van der Waals surface area contributed by atoms with Gasteiger partial charge in [-0.05, 0) is 61.4 Å². The molecule has 0 spiro atoms. The smallest absolute Gasteiger partial charge is 0.225 e. The van der Waals surface area contributed by atoms with Gasteiger partial charge in [0.05, 0.1) is 10.6 Å². The molecule has 6 nitrogen and oxygen atoms in total. The second kappa shape index (κ2) is 8.05. The lowest BCUT2D eigenvalue weighted by Gasteiger charge is -2.20. The Hall–Kier alpha value is -2.19. The number of carbonyl (C=O) groups is 2. The van der Waals surface area contributed by atoms with Gasteiger partial charge in [0.25, 0.3) is 0 Å². The molecular weight excluding hydrogens is 444 g/mol. The van der Waals surface area contributed by atoms with Crippen molar-refractivity contribution in [3.05, 3.63) is 52.5 Å². The van der Waals surface area contributed by atoms with Gasteiger partial charge in [-0.25, -0.2) is 8.42 Å². The number of hydrogen-bond acceptors (Lipinski definition) is 4. The molecule has 0 radical (unpaired) electrons. The second-order valence-electron chi connectivity index (χ2n) is 6.86. The molecule has 1 heterocycles. The molecule has 0 bridgehead atoms. The topological polar surface area (TPSA) is 83.6 Å². The van der Waals surface area contributed by atoms with Gasteiger partial charge in [-0.2, -0.15) is 0 Å². The molecule has 2 aromatic carbocycles. The molecular formula is C20H21BrN2O4S. The van der Waals surface area contributed by atoms with E-state index in [0.29, 0.717) is 12.1 Å². The fourth-order valence-electron chi connectivity index (χ4n) is 3.38. The molecule has 1 aliphatic heterocycles. The van der Waals surface area contributed by atoms with Crippen molar-refractivity contribution in [1.82, 2.24) is 0 Å². The van der Waals surface area contributed by atoms with Crippen LogP contribution < -0.4 is 10.2 Å². The third-order valence-electron chi connectivity index (χ3n) is 4.69. The van der Waals surface area contributed by atoms with Gasteiger partial charge in [-0.3, -0.25) is 9.59 Å². The van der Waals surface area contributed by atoms with E-state index < -0.39 is 9.84 Å². The number of benzene rings is 2. The Kier molecular flexibility index (Phi) is 5.90. The first kappa shape index (κ1) is 20.5. The maximum atomic E-state index is 12.7. The minimum Gasteiger partial charge on any atom is -0.326 e. The van der Waals surface area contributed by atoms with Crippen molar-refractivity contribution in [3.8, 4) is 0 Å². The van der Waals surface area contributed by atoms with Crippen LogP contribution in [0.2, 0.25) is 0 Å². The first-order valence-electron chi connectivity index (χ1n) is 8.88. The molecule has 0 aliphatic carbocycles. The summed E-state index contributed by atoms with van der Waals surface area (Å²) in [6, 6.07) is 11.9. The van der Waals surface area contributed by atoms with Crippen molar-refractivity contribution in [2.45, 2.75) is 37.6 Å². The van der Waals surface area contributed by atoms with E-state index in [0.717, 1.165) is 15.7 Å². The SMILES string of the molecule is CC(=O)N1c2ccc(S(=O)(=O)CCC(=O)Nc3ccc(Br)cc3)cc2CC1C. The standard InChI is InChI=1S/C20H21BrN2O4S/c1-13-11-15-12-18(7-8-19(15)23(13)14(2)24)28(26,27)10-9-20(25)22-17-5-3-16(21)4-6-17/h3-8,12-13H,9-11H2,1-2H3,(H,22,25). The number of rotatable bonds is 5. The molecule has 2 amide bonds. The molecule has 0 fully saturated rings. The van der Waals surface area contributed by atoms with Gasteiger partial charge < -0.3 is 10.2 Å². The average molecular weight is 465 g/mol. The lowest BCUT2D eigenvalue weighted by Crippen LogP contribution is -2.33. The fraction of sp³-hybridized carbons (Fsp3) is 0.300. The first-order chi connectivity index (χ1) is 13.2. The number of fused-ring (bicyclic) bond motifs is 1. The molecule has 8 heteroatoms. The molecule has 1 unspecified atom stereocenters. The van der Waals surface area contributed by atoms with Crippen molar-refractivity contribution in [2.75, 3.05) is 16.0 Å². The van der Waals surface area contributed by atoms with Gasteiger partial charge >= 0.3 is 0 Å². The van der Waals surface area contributed by atoms with Gasteiger partial charge in [-0.1, -0.05) is 15.9 Å². The van der Waals surface area contributed by atoms with E-state index in [1.54, 1.807) is 41.3 Å². The molecule has 3 rings (SSSR count). The van der Waals surface area contributed by atoms with Crippen LogP contribution in [-0.2, 0) is 25.8 Å². The summed E-state index contributed by atoms with van der Waals surface area (Å²) in [5.41, 5.74) is 2.21. The summed E-state index contributed by atoms with van der Waals surface area (Å²) in [6.45, 7) is 3.43. The summed E-state index contributed by atoms with van der Waals surface area (Å²) >= 11 is 3.32. The van der Waals surface area contributed by atoms with E-state index in [-0.39, 0.29) is 34.9 Å². The number of amides is 2. The average Bonchev–Trinajstić information content (AvgIpc) is 2.97. The zero-order valence-electron chi connectivity index (χ0n) is 15.6. The van der Waals surface area contributed by atoms with E-state index in [1.807, 2.05) is 6.92 Å². The minimum atomic E-state index is -3.60. The summed E-state index contributed by atoms with van der Waals surface area (Å²) < 4.78 is 26.2. The predicted octanol–water partition coefficient (Wildman–Crippen LogP) is 3.55. The van der Waals surface area contributed by atoms with Gasteiger partial charge in [0.1, 0.15) is 0 Å². The monoisotopic (exact) mass is 464 g/mol. The number of anilines is 2. The lowest BCUT2D eigenvalue weighted by molar-refractivity contribution is -0.117. The number of hydrogen-bond donors (Lipinski definition) is 1. The lowest BCUT2D eigenvalue weighted by atomic mass is 10.1. The normalized spacial score (nSPS) is 16.0. The summed E-state index contributed by atoms with van der Waals surface area (Å²) in [5.74, 6) is -0.699. The summed E-state index contributed by atoms with van der Waals surface area (Å²) in [5, 5.41) is 2.69. The predicted molar refractivity (Wildman–Crippen MR) is 112 cm³/mol. The van der Waals surface area contributed by atoms with E-state index in [1.165, 1.54) is 13.0 Å². The Morgan fingerprint density at radius 1 is 1.18 bits per heavy atom. The molecule has 0 aromatic heterocycles. The van der Waals surface area contributed by atoms with E-state index in [2.05, 4.69) is 21.2 Å². The Balaban J connectivity index is 1.68. The highest BCUT2D eigenvalue weighted by atomic mass is 79.9. The van der Waals surface area contributed by atoms with Gasteiger partial charge in [0, 0.05) is 35.2 Å². The van der Waals surface area contributed by atoms with Crippen LogP contribution in [0.15, 0.2) is 51.8 Å². The number of halogens is 1. The molecule has 2 aromatic rings. The van der Waals surface area contributed by atoms with Gasteiger partial charge in [0.2, 0.25) is 11.8 Å². The zero-order chi connectivity index (χ0) is 20.5. The Morgan fingerprint density at radius 2 is 1.86 bits per heavy atom. The van der Waals surface area contributed by atoms with Crippen LogP contribution in [0.3, 0.4) is 0 Å². The molecule has 0 saturated carbocycles. The Morgan fingerprint density at radius 3 is 2.50 bits per heavy atom. The molecule has 148 valence electrons. The van der Waals surface area contributed by atoms with Crippen LogP contribution in [0.1, 0.15) is 25.8 Å². The summed E-state index contributed by atoms with van der Waals surface area (Å²) in [4.78, 5) is 25.8. The van der Waals surface area contributed by atoms with E-state index in [4.69, 9.17) is 0 Å². The molecule has 1 atom stereocenters. The van der Waals surface area contributed by atoms with Crippen LogP contribution in [0, 0.1) is 0 Å². The maximum Gasteiger partial charge on any atom is 0.225 e. The molecule has 0 saturated heterocycles. The Labute approximate surface area is 173 Å². The highest BCUT2D eigenvalue weighted by Crippen LogP contribution is 2.34. The van der Waals surface area contributed by atoms with Gasteiger partial charge in [0.15, 0.2) is 9.84 Å². The van der Waals surface area contributed by atoms with E-state index in [9.17, 15) is 18.0 Å². The van der Waals surface area contributed by atoms with Crippen molar-refractivity contribution in [1.29, 1.82) is 0 Å². The maximum absolute atomic E-state index is 12.7. The van der Waals surface area contributed by atoms with Crippen LogP contribution in [0.5, 0.6) is 0 Å². The van der Waals surface area contributed by atoms with Crippen molar-refractivity contribution in [3.63, 3.8) is 0 Å². The van der Waals surface area contributed by atoms with Gasteiger partial charge in [-0.15, -0.1) is 0 Å². The summed E-state index contributed by atoms with van der Waals surface area (Å²) in [6.07, 6.45) is 0.480.